The minimum Gasteiger partial charge on any atom is -0.452 e. The Bertz CT molecular complexity index is 3000. The zero-order valence-corrected chi connectivity index (χ0v) is 26.7. The van der Waals surface area contributed by atoms with Crippen LogP contribution in [-0.4, -0.2) is 15.0 Å². The van der Waals surface area contributed by atoms with E-state index in [0.717, 1.165) is 49.9 Å². The van der Waals surface area contributed by atoms with E-state index in [2.05, 4.69) is 125 Å². The van der Waals surface area contributed by atoms with Gasteiger partial charge in [-0.25, -0.2) is 9.97 Å². The Morgan fingerprint density at radius 2 is 1.18 bits per heavy atom. The topological polar surface area (TPSA) is 55.1 Å². The predicted octanol–water partition coefficient (Wildman–Crippen LogP) is 12.0. The molecular weight excluding hydrogens is 613 g/mol. The van der Waals surface area contributed by atoms with Crippen molar-refractivity contribution in [3.63, 3.8) is 0 Å². The smallest absolute Gasteiger partial charge is 0.181 e. The van der Waals surface area contributed by atoms with Crippen LogP contribution in [0.5, 0.6) is 0 Å². The summed E-state index contributed by atoms with van der Waals surface area (Å²) in [5.41, 5.74) is 10.5. The van der Waals surface area contributed by atoms with Gasteiger partial charge in [0.25, 0.3) is 0 Å². The molecule has 7 aromatic carbocycles. The molecule has 0 atom stereocenters. The van der Waals surface area contributed by atoms with E-state index in [1.165, 1.54) is 38.4 Å². The van der Waals surface area contributed by atoms with Crippen molar-refractivity contribution in [1.82, 2.24) is 15.0 Å². The van der Waals surface area contributed by atoms with E-state index in [0.29, 0.717) is 17.1 Å². The van der Waals surface area contributed by atoms with Crippen molar-refractivity contribution in [2.24, 2.45) is 0 Å². The molecule has 0 radical (unpaired) electrons. The molecule has 11 rings (SSSR count). The first-order valence-corrected chi connectivity index (χ1v) is 16.8. The number of nitrogens with zero attached hydrogens (tertiary/aromatic N) is 4. The first-order chi connectivity index (χ1) is 24.8. The highest BCUT2D eigenvalue weighted by atomic mass is 16.3. The molecule has 232 valence electrons. The van der Waals surface area contributed by atoms with Gasteiger partial charge >= 0.3 is 0 Å². The highest BCUT2D eigenvalue weighted by Crippen LogP contribution is 2.53. The maximum atomic E-state index is 6.36. The summed E-state index contributed by atoms with van der Waals surface area (Å²) < 4.78 is 6.36. The van der Waals surface area contributed by atoms with Gasteiger partial charge in [0.2, 0.25) is 0 Å². The van der Waals surface area contributed by atoms with Gasteiger partial charge in [-0.3, -0.25) is 4.98 Å². The van der Waals surface area contributed by atoms with Gasteiger partial charge in [0.1, 0.15) is 16.8 Å². The predicted molar refractivity (Wildman–Crippen MR) is 204 cm³/mol. The second-order valence-corrected chi connectivity index (χ2v) is 12.8. The largest absolute Gasteiger partial charge is 0.452 e. The van der Waals surface area contributed by atoms with E-state index in [-0.39, 0.29) is 0 Å². The minimum absolute atomic E-state index is 0.630. The molecule has 0 fully saturated rings. The average molecular weight is 639 g/mol. The van der Waals surface area contributed by atoms with Crippen molar-refractivity contribution in [3.8, 4) is 33.9 Å². The molecule has 0 bridgehead atoms. The number of pyridine rings is 1. The molecule has 1 aliphatic rings. The fourth-order valence-electron chi connectivity index (χ4n) is 7.82. The zero-order valence-electron chi connectivity index (χ0n) is 26.7. The Kier molecular flexibility index (Phi) is 5.60. The zero-order chi connectivity index (χ0) is 32.8. The molecule has 0 saturated heterocycles. The number of benzene rings is 7. The van der Waals surface area contributed by atoms with Crippen LogP contribution >= 0.6 is 0 Å². The van der Waals surface area contributed by atoms with E-state index in [4.69, 9.17) is 14.4 Å². The summed E-state index contributed by atoms with van der Waals surface area (Å²) in [7, 11) is 0. The summed E-state index contributed by atoms with van der Waals surface area (Å²) in [6, 6.07) is 53.4. The van der Waals surface area contributed by atoms with E-state index >= 15 is 0 Å². The van der Waals surface area contributed by atoms with Crippen molar-refractivity contribution in [2.45, 2.75) is 0 Å². The average Bonchev–Trinajstić information content (AvgIpc) is 3.56. The number of aromatic nitrogens is 3. The number of fused-ring (bicyclic) bond motifs is 7. The molecule has 3 aromatic heterocycles. The molecule has 10 aromatic rings. The second-order valence-electron chi connectivity index (χ2n) is 12.8. The third kappa shape index (κ3) is 3.86. The van der Waals surface area contributed by atoms with Crippen molar-refractivity contribution in [1.29, 1.82) is 0 Å². The Balaban J connectivity index is 1.19. The number of para-hydroxylation sites is 1. The maximum Gasteiger partial charge on any atom is 0.181 e. The molecule has 0 aliphatic carbocycles. The third-order valence-electron chi connectivity index (χ3n) is 10.0. The Hall–Kier alpha value is -6.85. The normalized spacial score (nSPS) is 12.4. The van der Waals surface area contributed by atoms with Crippen molar-refractivity contribution < 1.29 is 4.42 Å². The molecule has 1 aliphatic heterocycles. The number of furan rings is 1. The van der Waals surface area contributed by atoms with E-state index in [1.54, 1.807) is 6.20 Å². The summed E-state index contributed by atoms with van der Waals surface area (Å²) in [5, 5.41) is 8.05. The van der Waals surface area contributed by atoms with Gasteiger partial charge in [-0.15, -0.1) is 0 Å². The molecule has 50 heavy (non-hydrogen) atoms. The van der Waals surface area contributed by atoms with E-state index < -0.39 is 0 Å². The first kappa shape index (κ1) is 27.1. The summed E-state index contributed by atoms with van der Waals surface area (Å²) in [6.45, 7) is 0. The molecule has 5 heteroatoms. The highest BCUT2D eigenvalue weighted by Gasteiger charge is 2.28. The lowest BCUT2D eigenvalue weighted by molar-refractivity contribution is 0.667. The van der Waals surface area contributed by atoms with Crippen LogP contribution in [0.15, 0.2) is 162 Å². The highest BCUT2D eigenvalue weighted by molar-refractivity contribution is 6.18. The molecule has 0 saturated carbocycles. The lowest BCUT2D eigenvalue weighted by atomic mass is 9.88. The van der Waals surface area contributed by atoms with E-state index in [1.807, 2.05) is 36.4 Å². The SMILES string of the molecule is c1ccc(-c2nc(-c3cccc4c(N5c6cc7ccccc7cc6-c6cccc7cccc5c67)cccc34)nc3c2oc2ccccc23)nc1. The van der Waals surface area contributed by atoms with Crippen LogP contribution in [0.4, 0.5) is 17.1 Å². The molecular formula is C45H26N4O. The van der Waals surface area contributed by atoms with Crippen molar-refractivity contribution in [2.75, 3.05) is 4.90 Å². The van der Waals surface area contributed by atoms with Crippen LogP contribution in [0.1, 0.15) is 0 Å². The Labute approximate surface area is 286 Å². The molecule has 0 N–H and O–H groups in total. The number of anilines is 3. The third-order valence-corrected chi connectivity index (χ3v) is 10.0. The number of hydrogen-bond donors (Lipinski definition) is 0. The quantitative estimate of drug-likeness (QED) is 0.193. The molecule has 0 unspecified atom stereocenters. The standard InChI is InChI=1S/C45H26N4O/c1-2-12-29-26-39-35(25-28(29)11-1)32-18-7-13-27-14-8-22-38(41(27)32)49(39)37-21-10-16-30-31(37)17-9-19-33(30)45-47-42-34-15-3-4-23-40(34)50-44(42)43(48-45)36-20-5-6-24-46-36/h1-26H. The van der Waals surface area contributed by atoms with Gasteiger partial charge in [0.15, 0.2) is 11.4 Å². The van der Waals surface area contributed by atoms with Crippen LogP contribution in [0.25, 0.3) is 88.3 Å². The number of rotatable bonds is 3. The van der Waals surface area contributed by atoms with Crippen molar-refractivity contribution >= 4 is 71.4 Å². The molecule has 0 spiro atoms. The molecule has 5 nitrogen and oxygen atoms in total. The fourth-order valence-corrected chi connectivity index (χ4v) is 7.82. The Morgan fingerprint density at radius 1 is 0.480 bits per heavy atom. The first-order valence-electron chi connectivity index (χ1n) is 16.8. The Morgan fingerprint density at radius 3 is 2.08 bits per heavy atom. The molecule has 4 heterocycles. The summed E-state index contributed by atoms with van der Waals surface area (Å²) in [4.78, 5) is 17.5. The van der Waals surface area contributed by atoms with Gasteiger partial charge in [0, 0.05) is 33.5 Å². The summed E-state index contributed by atoms with van der Waals surface area (Å²) in [5.74, 6) is 0.630. The van der Waals surface area contributed by atoms with Gasteiger partial charge in [0.05, 0.1) is 22.8 Å². The fraction of sp³-hybridized carbons (Fsp3) is 0. The lowest BCUT2D eigenvalue weighted by Crippen LogP contribution is -2.15. The molecule has 0 amide bonds. The second kappa shape index (κ2) is 10.3. The monoisotopic (exact) mass is 638 g/mol. The van der Waals surface area contributed by atoms with Gasteiger partial charge in [-0.1, -0.05) is 103 Å². The summed E-state index contributed by atoms with van der Waals surface area (Å²) >= 11 is 0. The minimum atomic E-state index is 0.630. The maximum absolute atomic E-state index is 6.36. The van der Waals surface area contributed by atoms with Crippen LogP contribution in [0.2, 0.25) is 0 Å². The van der Waals surface area contributed by atoms with Gasteiger partial charge in [-0.05, 0) is 75.6 Å². The van der Waals surface area contributed by atoms with E-state index in [9.17, 15) is 0 Å². The van der Waals surface area contributed by atoms with Crippen LogP contribution in [-0.2, 0) is 0 Å². The van der Waals surface area contributed by atoms with Crippen LogP contribution < -0.4 is 4.90 Å². The van der Waals surface area contributed by atoms with Crippen LogP contribution in [0, 0.1) is 0 Å². The van der Waals surface area contributed by atoms with Gasteiger partial charge < -0.3 is 9.32 Å². The van der Waals surface area contributed by atoms with Gasteiger partial charge in [-0.2, -0.15) is 0 Å². The number of hydrogen-bond acceptors (Lipinski definition) is 5. The lowest BCUT2D eigenvalue weighted by Gasteiger charge is -2.34. The summed E-state index contributed by atoms with van der Waals surface area (Å²) in [6.07, 6.45) is 1.79. The van der Waals surface area contributed by atoms with Crippen LogP contribution in [0.3, 0.4) is 0 Å². The van der Waals surface area contributed by atoms with Crippen molar-refractivity contribution in [3.05, 3.63) is 158 Å².